The van der Waals surface area contributed by atoms with E-state index in [1.807, 2.05) is 0 Å². The molecule has 0 spiro atoms. The van der Waals surface area contributed by atoms with Crippen molar-refractivity contribution in [1.82, 2.24) is 20.2 Å². The van der Waals surface area contributed by atoms with Crippen molar-refractivity contribution in [1.29, 1.82) is 5.41 Å². The topological polar surface area (TPSA) is 109 Å². The van der Waals surface area contributed by atoms with E-state index in [0.717, 1.165) is 44.5 Å². The molecular weight excluding hydrogens is 354 g/mol. The second-order valence-corrected chi connectivity index (χ2v) is 7.11. The molecule has 5 N–H and O–H groups in total. The van der Waals surface area contributed by atoms with Gasteiger partial charge in [-0.3, -0.25) is 14.7 Å². The molecule has 0 unspecified atom stereocenters. The first-order chi connectivity index (χ1) is 13.6. The number of hydrogen-bond acceptors (Lipinski definition) is 7. The van der Waals surface area contributed by atoms with Gasteiger partial charge in [0.15, 0.2) is 0 Å². The van der Waals surface area contributed by atoms with Gasteiger partial charge in [0.25, 0.3) is 5.56 Å². The molecule has 0 saturated carbocycles. The predicted octanol–water partition coefficient (Wildman–Crippen LogP) is 1.31. The van der Waals surface area contributed by atoms with Crippen LogP contribution in [-0.4, -0.2) is 60.4 Å². The van der Waals surface area contributed by atoms with Crippen LogP contribution in [0.3, 0.4) is 0 Å². The number of nitrogens with one attached hydrogen (secondary N) is 5. The lowest BCUT2D eigenvalue weighted by atomic mass is 10.1. The zero-order valence-corrected chi connectivity index (χ0v) is 16.6. The van der Waals surface area contributed by atoms with Gasteiger partial charge in [0.05, 0.1) is 0 Å². The maximum absolute atomic E-state index is 12.5. The van der Waals surface area contributed by atoms with Crippen LogP contribution in [0.1, 0.15) is 22.4 Å². The third kappa shape index (κ3) is 5.17. The molecule has 3 rings (SSSR count). The van der Waals surface area contributed by atoms with Gasteiger partial charge in [-0.1, -0.05) is 18.2 Å². The van der Waals surface area contributed by atoms with Gasteiger partial charge in [0.2, 0.25) is 5.95 Å². The molecule has 1 fully saturated rings. The first kappa shape index (κ1) is 20.0. The summed E-state index contributed by atoms with van der Waals surface area (Å²) in [5.74, 6) is 0.370. The monoisotopic (exact) mass is 383 g/mol. The maximum Gasteiger partial charge on any atom is 0.276 e. The quantitative estimate of drug-likeness (QED) is 0.440. The van der Waals surface area contributed by atoms with E-state index in [1.165, 1.54) is 11.1 Å². The molecule has 1 aliphatic rings. The smallest absolute Gasteiger partial charge is 0.276 e. The molecule has 28 heavy (non-hydrogen) atoms. The van der Waals surface area contributed by atoms with Crippen LogP contribution < -0.4 is 21.5 Å². The Morgan fingerprint density at radius 2 is 2.00 bits per heavy atom. The van der Waals surface area contributed by atoms with Gasteiger partial charge < -0.3 is 21.4 Å². The number of anilines is 2. The lowest BCUT2D eigenvalue weighted by molar-refractivity contribution is 0.249. The second-order valence-electron chi connectivity index (χ2n) is 7.11. The third-order valence-electron chi connectivity index (χ3n) is 5.05. The van der Waals surface area contributed by atoms with Crippen molar-refractivity contribution < 1.29 is 0 Å². The zero-order valence-electron chi connectivity index (χ0n) is 16.6. The summed E-state index contributed by atoms with van der Waals surface area (Å²) in [5.41, 5.74) is 4.01. The van der Waals surface area contributed by atoms with E-state index < -0.39 is 0 Å². The molecule has 8 heteroatoms. The first-order valence-corrected chi connectivity index (χ1v) is 9.68. The maximum atomic E-state index is 12.5. The Labute approximate surface area is 165 Å². The highest BCUT2D eigenvalue weighted by atomic mass is 16.1. The van der Waals surface area contributed by atoms with Crippen LogP contribution in [0.5, 0.6) is 0 Å². The number of H-pyrrole nitrogens is 1. The van der Waals surface area contributed by atoms with Crippen molar-refractivity contribution in [2.75, 3.05) is 49.9 Å². The minimum atomic E-state index is -0.267. The number of rotatable bonds is 8. The summed E-state index contributed by atoms with van der Waals surface area (Å²) in [5, 5.41) is 17.2. The van der Waals surface area contributed by atoms with E-state index in [2.05, 4.69) is 62.9 Å². The summed E-state index contributed by atoms with van der Waals surface area (Å²) in [7, 11) is 0. The van der Waals surface area contributed by atoms with Gasteiger partial charge in [0, 0.05) is 52.0 Å². The van der Waals surface area contributed by atoms with Gasteiger partial charge in [-0.15, -0.1) is 0 Å². The van der Waals surface area contributed by atoms with Gasteiger partial charge >= 0.3 is 0 Å². The molecule has 2 heterocycles. The Morgan fingerprint density at radius 1 is 1.21 bits per heavy atom. The lowest BCUT2D eigenvalue weighted by Crippen LogP contribution is -2.45. The molecule has 0 aliphatic carbocycles. The van der Waals surface area contributed by atoms with Crippen molar-refractivity contribution in [3.05, 3.63) is 50.9 Å². The molecule has 1 aromatic heterocycles. The van der Waals surface area contributed by atoms with E-state index in [9.17, 15) is 4.79 Å². The minimum absolute atomic E-state index is 0.267. The van der Waals surface area contributed by atoms with Gasteiger partial charge in [0.1, 0.15) is 11.4 Å². The molecule has 0 atom stereocenters. The van der Waals surface area contributed by atoms with E-state index in [0.29, 0.717) is 30.4 Å². The number of nitrogens with zero attached hydrogens (tertiary/aromatic N) is 2. The minimum Gasteiger partial charge on any atom is -0.377 e. The Hall–Kier alpha value is -2.71. The lowest BCUT2D eigenvalue weighted by Gasteiger charge is -2.27. The Bertz CT molecular complexity index is 871. The summed E-state index contributed by atoms with van der Waals surface area (Å²) < 4.78 is 0. The molecule has 150 valence electrons. The number of aromatic nitrogens is 2. The molecule has 2 aromatic rings. The van der Waals surface area contributed by atoms with Crippen molar-refractivity contribution >= 4 is 17.9 Å². The number of hydrogen-bond donors (Lipinski definition) is 5. The summed E-state index contributed by atoms with van der Waals surface area (Å²) >= 11 is 0. The average Bonchev–Trinajstić information content (AvgIpc) is 2.70. The number of piperazine rings is 1. The van der Waals surface area contributed by atoms with Crippen LogP contribution in [0.4, 0.5) is 11.6 Å². The van der Waals surface area contributed by atoms with Crippen LogP contribution in [0, 0.1) is 19.3 Å². The first-order valence-electron chi connectivity index (χ1n) is 9.68. The fourth-order valence-corrected chi connectivity index (χ4v) is 3.22. The molecule has 0 amide bonds. The summed E-state index contributed by atoms with van der Waals surface area (Å²) in [6, 6.07) is 6.25. The zero-order chi connectivity index (χ0) is 19.9. The standard InChI is InChI=1S/C20H29N7O/c1-14-3-4-16(11-15(14)2)13-24-20-25-17(12-21)18(19(28)26-20)23-7-10-27-8-5-22-6-9-27/h3-4,11-12,21-23H,5-10,13H2,1-2H3,(H2,24,25,26,28). The van der Waals surface area contributed by atoms with Crippen LogP contribution in [0.25, 0.3) is 0 Å². The summed E-state index contributed by atoms with van der Waals surface area (Å²) in [4.78, 5) is 22.0. The Kier molecular flexibility index (Phi) is 6.78. The van der Waals surface area contributed by atoms with Crippen molar-refractivity contribution in [3.63, 3.8) is 0 Å². The molecule has 1 aromatic carbocycles. The van der Waals surface area contributed by atoms with E-state index in [4.69, 9.17) is 5.41 Å². The number of aromatic amines is 1. The highest BCUT2D eigenvalue weighted by Gasteiger charge is 2.12. The van der Waals surface area contributed by atoms with Gasteiger partial charge in [-0.2, -0.15) is 0 Å². The highest BCUT2D eigenvalue weighted by Crippen LogP contribution is 2.12. The summed E-state index contributed by atoms with van der Waals surface area (Å²) in [6.07, 6.45) is 1.11. The third-order valence-corrected chi connectivity index (χ3v) is 5.05. The van der Waals surface area contributed by atoms with E-state index in [-0.39, 0.29) is 5.56 Å². The summed E-state index contributed by atoms with van der Waals surface area (Å²) in [6.45, 7) is 10.2. The molecule has 0 radical (unpaired) electrons. The average molecular weight is 384 g/mol. The molecule has 1 aliphatic heterocycles. The predicted molar refractivity (Wildman–Crippen MR) is 114 cm³/mol. The molecule has 8 nitrogen and oxygen atoms in total. The van der Waals surface area contributed by atoms with Crippen LogP contribution in [-0.2, 0) is 6.54 Å². The highest BCUT2D eigenvalue weighted by molar-refractivity contribution is 5.83. The van der Waals surface area contributed by atoms with E-state index >= 15 is 0 Å². The van der Waals surface area contributed by atoms with Crippen molar-refractivity contribution in [2.24, 2.45) is 0 Å². The number of benzene rings is 1. The molecule has 0 bridgehead atoms. The Morgan fingerprint density at radius 3 is 2.71 bits per heavy atom. The largest absolute Gasteiger partial charge is 0.377 e. The van der Waals surface area contributed by atoms with E-state index in [1.54, 1.807) is 0 Å². The SMILES string of the molecule is Cc1ccc(CNc2nc(C=N)c(NCCN3CCNCC3)c(=O)[nH]2)cc1C. The molecule has 1 saturated heterocycles. The fraction of sp³-hybridized carbons (Fsp3) is 0.450. The van der Waals surface area contributed by atoms with Gasteiger partial charge in [-0.05, 0) is 30.5 Å². The normalized spacial score (nSPS) is 14.6. The Balaban J connectivity index is 1.62. The molecular formula is C20H29N7O. The number of aryl methyl sites for hydroxylation is 2. The van der Waals surface area contributed by atoms with Crippen LogP contribution in [0.15, 0.2) is 23.0 Å². The van der Waals surface area contributed by atoms with Crippen molar-refractivity contribution in [3.8, 4) is 0 Å². The van der Waals surface area contributed by atoms with Crippen molar-refractivity contribution in [2.45, 2.75) is 20.4 Å². The second kappa shape index (κ2) is 9.48. The van der Waals surface area contributed by atoms with Gasteiger partial charge in [-0.25, -0.2) is 4.98 Å². The fourth-order valence-electron chi connectivity index (χ4n) is 3.22. The van der Waals surface area contributed by atoms with Crippen LogP contribution in [0.2, 0.25) is 0 Å². The van der Waals surface area contributed by atoms with Crippen LogP contribution >= 0.6 is 0 Å².